The van der Waals surface area contributed by atoms with Gasteiger partial charge in [-0.3, -0.25) is 9.59 Å². The zero-order valence-electron chi connectivity index (χ0n) is 15.0. The number of nitriles is 2. The summed E-state index contributed by atoms with van der Waals surface area (Å²) in [6.07, 6.45) is 2.75. The first kappa shape index (κ1) is 19.5. The van der Waals surface area contributed by atoms with Crippen molar-refractivity contribution in [3.63, 3.8) is 0 Å². The average Bonchev–Trinajstić information content (AvgIpc) is 2.60. The molecule has 0 saturated heterocycles. The maximum atomic E-state index is 12.7. The second-order valence-electron chi connectivity index (χ2n) is 6.57. The third-order valence-electron chi connectivity index (χ3n) is 4.87. The summed E-state index contributed by atoms with van der Waals surface area (Å²) in [5.74, 6) is -0.747. The highest BCUT2D eigenvalue weighted by molar-refractivity contribution is 5.87. The van der Waals surface area contributed by atoms with Crippen molar-refractivity contribution in [2.45, 2.75) is 44.4 Å². The van der Waals surface area contributed by atoms with Crippen molar-refractivity contribution in [2.24, 2.45) is 0 Å². The van der Waals surface area contributed by atoms with Crippen molar-refractivity contribution in [2.75, 3.05) is 19.7 Å². The van der Waals surface area contributed by atoms with Gasteiger partial charge in [0, 0.05) is 13.1 Å². The molecule has 0 spiro atoms. The van der Waals surface area contributed by atoms with Gasteiger partial charge in [0.1, 0.15) is 0 Å². The van der Waals surface area contributed by atoms with Gasteiger partial charge >= 0.3 is 5.97 Å². The molecule has 0 atom stereocenters. The van der Waals surface area contributed by atoms with Crippen LogP contribution < -0.4 is 0 Å². The number of aryl methyl sites for hydroxylation is 1. The van der Waals surface area contributed by atoms with Crippen molar-refractivity contribution in [3.8, 4) is 12.1 Å². The summed E-state index contributed by atoms with van der Waals surface area (Å²) in [5, 5.41) is 17.4. The molecular formula is C20H23N3O3. The van der Waals surface area contributed by atoms with Crippen molar-refractivity contribution >= 4 is 11.9 Å². The van der Waals surface area contributed by atoms with Crippen LogP contribution in [0.4, 0.5) is 0 Å². The Hall–Kier alpha value is -2.86. The molecule has 0 aliphatic heterocycles. The molecular weight excluding hydrogens is 330 g/mol. The number of hydrogen-bond donors (Lipinski definition) is 0. The number of amides is 1. The van der Waals surface area contributed by atoms with Crippen molar-refractivity contribution in [1.82, 2.24) is 4.90 Å². The number of ether oxygens (including phenoxy) is 1. The molecule has 0 aromatic heterocycles. The highest BCUT2D eigenvalue weighted by atomic mass is 16.5. The molecule has 1 amide bonds. The van der Waals surface area contributed by atoms with E-state index in [0.717, 1.165) is 30.4 Å². The van der Waals surface area contributed by atoms with Crippen molar-refractivity contribution in [1.29, 1.82) is 10.5 Å². The van der Waals surface area contributed by atoms with E-state index in [1.54, 1.807) is 0 Å². The molecule has 1 aliphatic carbocycles. The molecule has 0 unspecified atom stereocenters. The Balaban J connectivity index is 1.99. The van der Waals surface area contributed by atoms with Gasteiger partial charge in [0.2, 0.25) is 0 Å². The van der Waals surface area contributed by atoms with Crippen molar-refractivity contribution < 1.29 is 14.3 Å². The van der Waals surface area contributed by atoms with Crippen LogP contribution in [0.15, 0.2) is 24.3 Å². The van der Waals surface area contributed by atoms with Gasteiger partial charge in [-0.15, -0.1) is 0 Å². The van der Waals surface area contributed by atoms with E-state index in [-0.39, 0.29) is 44.4 Å². The SMILES string of the molecule is Cc1ccc(C2(C(=O)OCC(=O)N(CCC#N)CCC#N)CCC2)cc1. The quantitative estimate of drug-likeness (QED) is 0.670. The summed E-state index contributed by atoms with van der Waals surface area (Å²) in [5.41, 5.74) is 1.40. The van der Waals surface area contributed by atoms with Crippen molar-refractivity contribution in [3.05, 3.63) is 35.4 Å². The van der Waals surface area contributed by atoms with E-state index in [1.165, 1.54) is 4.90 Å². The van der Waals surface area contributed by atoms with E-state index in [0.29, 0.717) is 0 Å². The molecule has 1 saturated carbocycles. The average molecular weight is 353 g/mol. The third-order valence-corrected chi connectivity index (χ3v) is 4.87. The molecule has 0 heterocycles. The number of carbonyl (C=O) groups is 2. The lowest BCUT2D eigenvalue weighted by Gasteiger charge is -2.39. The standard InChI is InChI=1S/C20H23N3O3/c1-16-5-7-17(8-6-16)20(9-2-10-20)19(25)26-15-18(24)23(13-3-11-21)14-4-12-22/h5-8H,2-4,9-10,13-15H2,1H3. The van der Waals surface area contributed by atoms with Crippen LogP contribution in [0.5, 0.6) is 0 Å². The largest absolute Gasteiger partial charge is 0.455 e. The van der Waals surface area contributed by atoms with Crippen LogP contribution in [-0.2, 0) is 19.7 Å². The maximum Gasteiger partial charge on any atom is 0.317 e. The molecule has 0 N–H and O–H groups in total. The number of nitrogens with zero attached hydrogens (tertiary/aromatic N) is 3. The van der Waals surface area contributed by atoms with Crippen LogP contribution in [0.2, 0.25) is 0 Å². The predicted molar refractivity (Wildman–Crippen MR) is 94.7 cm³/mol. The third kappa shape index (κ3) is 4.40. The Morgan fingerprint density at radius 2 is 1.69 bits per heavy atom. The van der Waals surface area contributed by atoms with E-state index in [1.807, 2.05) is 43.3 Å². The summed E-state index contributed by atoms with van der Waals surface area (Å²) in [4.78, 5) is 26.4. The fourth-order valence-electron chi connectivity index (χ4n) is 3.10. The molecule has 1 aromatic carbocycles. The fraction of sp³-hybridized carbons (Fsp3) is 0.500. The summed E-state index contributed by atoms with van der Waals surface area (Å²) in [6, 6.07) is 11.8. The molecule has 1 fully saturated rings. The Kier molecular flexibility index (Phi) is 6.74. The Morgan fingerprint density at radius 1 is 1.12 bits per heavy atom. The number of carbonyl (C=O) groups excluding carboxylic acids is 2. The molecule has 2 rings (SSSR count). The first-order valence-electron chi connectivity index (χ1n) is 8.79. The van der Waals surface area contributed by atoms with Crippen LogP contribution in [0, 0.1) is 29.6 Å². The highest BCUT2D eigenvalue weighted by Gasteiger charge is 2.47. The minimum Gasteiger partial charge on any atom is -0.455 e. The zero-order valence-corrected chi connectivity index (χ0v) is 15.0. The van der Waals surface area contributed by atoms with Gasteiger partial charge in [-0.1, -0.05) is 36.2 Å². The monoisotopic (exact) mass is 353 g/mol. The fourth-order valence-corrected chi connectivity index (χ4v) is 3.10. The van der Waals surface area contributed by atoms with Gasteiger partial charge in [-0.25, -0.2) is 0 Å². The van der Waals surface area contributed by atoms with E-state index < -0.39 is 5.41 Å². The van der Waals surface area contributed by atoms with E-state index >= 15 is 0 Å². The second-order valence-corrected chi connectivity index (χ2v) is 6.57. The number of rotatable bonds is 8. The molecule has 26 heavy (non-hydrogen) atoms. The molecule has 1 aliphatic rings. The molecule has 1 aromatic rings. The highest BCUT2D eigenvalue weighted by Crippen LogP contribution is 2.44. The first-order chi connectivity index (χ1) is 12.5. The normalized spacial score (nSPS) is 14.4. The summed E-state index contributed by atoms with van der Waals surface area (Å²) >= 11 is 0. The summed E-state index contributed by atoms with van der Waals surface area (Å²) < 4.78 is 5.34. The van der Waals surface area contributed by atoms with E-state index in [2.05, 4.69) is 0 Å². The number of esters is 1. The number of benzene rings is 1. The Bertz CT molecular complexity index is 706. The molecule has 136 valence electrons. The van der Waals surface area contributed by atoms with Gasteiger partial charge in [0.15, 0.2) is 6.61 Å². The van der Waals surface area contributed by atoms with Crippen LogP contribution in [0.25, 0.3) is 0 Å². The van der Waals surface area contributed by atoms with Gasteiger partial charge < -0.3 is 9.64 Å². The lowest BCUT2D eigenvalue weighted by Crippen LogP contribution is -2.45. The Morgan fingerprint density at radius 3 is 2.15 bits per heavy atom. The summed E-state index contributed by atoms with van der Waals surface area (Å²) in [7, 11) is 0. The minimum absolute atomic E-state index is 0.179. The van der Waals surface area contributed by atoms with Gasteiger partial charge in [-0.05, 0) is 25.3 Å². The lowest BCUT2D eigenvalue weighted by atomic mass is 9.64. The van der Waals surface area contributed by atoms with Gasteiger partial charge in [0.25, 0.3) is 5.91 Å². The lowest BCUT2D eigenvalue weighted by molar-refractivity contribution is -0.160. The first-order valence-corrected chi connectivity index (χ1v) is 8.79. The molecule has 6 heteroatoms. The minimum atomic E-state index is -0.655. The maximum absolute atomic E-state index is 12.7. The molecule has 0 bridgehead atoms. The van der Waals surface area contributed by atoms with E-state index in [9.17, 15) is 9.59 Å². The Labute approximate surface area is 154 Å². The van der Waals surface area contributed by atoms with Crippen LogP contribution >= 0.6 is 0 Å². The number of hydrogen-bond acceptors (Lipinski definition) is 5. The predicted octanol–water partition coefficient (Wildman–Crippen LogP) is 2.62. The second kappa shape index (κ2) is 9.01. The zero-order chi connectivity index (χ0) is 19.0. The van der Waals surface area contributed by atoms with Crippen LogP contribution in [0.1, 0.15) is 43.2 Å². The van der Waals surface area contributed by atoms with Gasteiger partial charge in [-0.2, -0.15) is 10.5 Å². The van der Waals surface area contributed by atoms with Crippen LogP contribution in [0.3, 0.4) is 0 Å². The summed E-state index contributed by atoms with van der Waals surface area (Å²) in [6.45, 7) is 2.10. The smallest absolute Gasteiger partial charge is 0.317 e. The molecule has 6 nitrogen and oxygen atoms in total. The molecule has 0 radical (unpaired) electrons. The van der Waals surface area contributed by atoms with E-state index in [4.69, 9.17) is 15.3 Å². The van der Waals surface area contributed by atoms with Crippen LogP contribution in [-0.4, -0.2) is 36.5 Å². The van der Waals surface area contributed by atoms with Gasteiger partial charge in [0.05, 0.1) is 30.4 Å². The topological polar surface area (TPSA) is 94.2 Å².